The second-order valence-electron chi connectivity index (χ2n) is 4.00. The second-order valence-corrected chi connectivity index (χ2v) is 4.67. The summed E-state index contributed by atoms with van der Waals surface area (Å²) >= 11 is 11.5. The highest BCUT2D eigenvalue weighted by Gasteiger charge is 2.05. The maximum atomic E-state index is 5.75. The van der Waals surface area contributed by atoms with Crippen LogP contribution in [-0.4, -0.2) is 15.0 Å². The van der Waals surface area contributed by atoms with Crippen molar-refractivity contribution < 1.29 is 0 Å². The molecule has 2 aromatic rings. The Hall–Kier alpha value is -1.19. The standard InChI is InChI=1S/C13H13Cl2N3/c1-2-3-4-9-5-7-10(8-6-9)11-16-12(14)18-13(15)17-11/h5-8H,2-4H2,1H3. The first kappa shape index (κ1) is 13.2. The highest BCUT2D eigenvalue weighted by Crippen LogP contribution is 2.19. The fraction of sp³-hybridized carbons (Fsp3) is 0.308. The lowest BCUT2D eigenvalue weighted by molar-refractivity contribution is 0.795. The van der Waals surface area contributed by atoms with Crippen LogP contribution >= 0.6 is 23.2 Å². The molecule has 0 unspecified atom stereocenters. The van der Waals surface area contributed by atoms with E-state index in [4.69, 9.17) is 23.2 Å². The Bertz CT molecular complexity index is 506. The molecule has 0 radical (unpaired) electrons. The Morgan fingerprint density at radius 2 is 1.56 bits per heavy atom. The Kier molecular flexibility index (Phi) is 4.50. The average Bonchev–Trinajstić information content (AvgIpc) is 2.36. The molecule has 0 aliphatic rings. The third-order valence-electron chi connectivity index (χ3n) is 2.61. The number of aromatic nitrogens is 3. The molecular weight excluding hydrogens is 269 g/mol. The van der Waals surface area contributed by atoms with Gasteiger partial charge in [0.25, 0.3) is 0 Å². The molecule has 3 nitrogen and oxygen atoms in total. The molecule has 0 saturated carbocycles. The molecule has 0 saturated heterocycles. The lowest BCUT2D eigenvalue weighted by Crippen LogP contribution is -1.94. The van der Waals surface area contributed by atoms with Crippen molar-refractivity contribution in [1.82, 2.24) is 15.0 Å². The van der Waals surface area contributed by atoms with E-state index in [-0.39, 0.29) is 10.6 Å². The summed E-state index contributed by atoms with van der Waals surface area (Å²) in [6, 6.07) is 8.12. The fourth-order valence-corrected chi connectivity index (χ4v) is 2.02. The molecule has 18 heavy (non-hydrogen) atoms. The SMILES string of the molecule is CCCCc1ccc(-c2nc(Cl)nc(Cl)n2)cc1. The molecule has 0 fully saturated rings. The second kappa shape index (κ2) is 6.12. The van der Waals surface area contributed by atoms with Crippen LogP contribution in [0.4, 0.5) is 0 Å². The topological polar surface area (TPSA) is 38.7 Å². The predicted molar refractivity (Wildman–Crippen MR) is 73.9 cm³/mol. The van der Waals surface area contributed by atoms with Gasteiger partial charge in [0.15, 0.2) is 5.82 Å². The Labute approximate surface area is 116 Å². The van der Waals surface area contributed by atoms with Crippen LogP contribution in [0.5, 0.6) is 0 Å². The van der Waals surface area contributed by atoms with Crippen molar-refractivity contribution in [3.63, 3.8) is 0 Å². The third-order valence-corrected chi connectivity index (χ3v) is 2.95. The van der Waals surface area contributed by atoms with Crippen molar-refractivity contribution in [1.29, 1.82) is 0 Å². The molecule has 0 N–H and O–H groups in total. The summed E-state index contributed by atoms with van der Waals surface area (Å²) in [6.45, 7) is 2.18. The van der Waals surface area contributed by atoms with E-state index in [0.717, 1.165) is 12.0 Å². The Balaban J connectivity index is 2.23. The first-order valence-corrected chi connectivity index (χ1v) is 6.61. The van der Waals surface area contributed by atoms with Crippen LogP contribution in [0.1, 0.15) is 25.3 Å². The number of halogens is 2. The number of hydrogen-bond donors (Lipinski definition) is 0. The van der Waals surface area contributed by atoms with Gasteiger partial charge in [-0.1, -0.05) is 37.6 Å². The summed E-state index contributed by atoms with van der Waals surface area (Å²) in [7, 11) is 0. The summed E-state index contributed by atoms with van der Waals surface area (Å²) < 4.78 is 0. The fourth-order valence-electron chi connectivity index (χ4n) is 1.66. The van der Waals surface area contributed by atoms with Gasteiger partial charge >= 0.3 is 0 Å². The molecule has 2 rings (SSSR count). The van der Waals surface area contributed by atoms with Gasteiger partial charge in [0, 0.05) is 5.56 Å². The molecule has 0 spiro atoms. The molecule has 0 aliphatic heterocycles. The van der Waals surface area contributed by atoms with Gasteiger partial charge in [-0.25, -0.2) is 0 Å². The highest BCUT2D eigenvalue weighted by atomic mass is 35.5. The van der Waals surface area contributed by atoms with Crippen LogP contribution in [0.3, 0.4) is 0 Å². The van der Waals surface area contributed by atoms with E-state index in [1.165, 1.54) is 18.4 Å². The van der Waals surface area contributed by atoms with Crippen molar-refractivity contribution in [3.05, 3.63) is 40.4 Å². The van der Waals surface area contributed by atoms with E-state index in [0.29, 0.717) is 5.82 Å². The normalized spacial score (nSPS) is 10.6. The number of rotatable bonds is 4. The van der Waals surface area contributed by atoms with Gasteiger partial charge in [0.2, 0.25) is 10.6 Å². The first-order chi connectivity index (χ1) is 8.69. The van der Waals surface area contributed by atoms with E-state index in [2.05, 4.69) is 34.0 Å². The summed E-state index contributed by atoms with van der Waals surface area (Å²) in [5.74, 6) is 0.502. The zero-order valence-electron chi connectivity index (χ0n) is 10.0. The van der Waals surface area contributed by atoms with Crippen LogP contribution in [0.15, 0.2) is 24.3 Å². The number of aryl methyl sites for hydroxylation is 1. The Morgan fingerprint density at radius 1 is 0.944 bits per heavy atom. The maximum absolute atomic E-state index is 5.75. The van der Waals surface area contributed by atoms with Crippen molar-refractivity contribution in [2.75, 3.05) is 0 Å². The van der Waals surface area contributed by atoms with E-state index in [9.17, 15) is 0 Å². The van der Waals surface area contributed by atoms with E-state index in [1.807, 2.05) is 12.1 Å². The molecule has 1 heterocycles. The van der Waals surface area contributed by atoms with Crippen LogP contribution in [0.25, 0.3) is 11.4 Å². The van der Waals surface area contributed by atoms with Gasteiger partial charge in [0.1, 0.15) is 0 Å². The van der Waals surface area contributed by atoms with Gasteiger partial charge in [-0.2, -0.15) is 15.0 Å². The Morgan fingerprint density at radius 3 is 2.11 bits per heavy atom. The molecule has 94 valence electrons. The third kappa shape index (κ3) is 3.40. The zero-order chi connectivity index (χ0) is 13.0. The largest absolute Gasteiger partial charge is 0.227 e. The van der Waals surface area contributed by atoms with E-state index >= 15 is 0 Å². The smallest absolute Gasteiger partial charge is 0.198 e. The number of unbranched alkanes of at least 4 members (excludes halogenated alkanes) is 1. The van der Waals surface area contributed by atoms with Gasteiger partial charge in [-0.05, 0) is 41.6 Å². The highest BCUT2D eigenvalue weighted by molar-refractivity contribution is 6.31. The van der Waals surface area contributed by atoms with Crippen LogP contribution < -0.4 is 0 Å². The number of hydrogen-bond acceptors (Lipinski definition) is 3. The van der Waals surface area contributed by atoms with Crippen molar-refractivity contribution in [3.8, 4) is 11.4 Å². The van der Waals surface area contributed by atoms with E-state index < -0.39 is 0 Å². The molecule has 0 amide bonds. The van der Waals surface area contributed by atoms with Crippen molar-refractivity contribution in [2.45, 2.75) is 26.2 Å². The summed E-state index contributed by atoms with van der Waals surface area (Å²) in [5, 5.41) is 0.222. The first-order valence-electron chi connectivity index (χ1n) is 5.85. The molecule has 0 atom stereocenters. The lowest BCUT2D eigenvalue weighted by Gasteiger charge is -2.03. The molecular formula is C13H13Cl2N3. The van der Waals surface area contributed by atoms with Crippen molar-refractivity contribution in [2.24, 2.45) is 0 Å². The van der Waals surface area contributed by atoms with Crippen LogP contribution in [0, 0.1) is 0 Å². The van der Waals surface area contributed by atoms with Gasteiger partial charge in [-0.3, -0.25) is 0 Å². The summed E-state index contributed by atoms with van der Waals surface area (Å²) in [5.41, 5.74) is 2.20. The lowest BCUT2D eigenvalue weighted by atomic mass is 10.1. The molecule has 1 aromatic carbocycles. The minimum absolute atomic E-state index is 0.111. The predicted octanol–water partition coefficient (Wildman–Crippen LogP) is 4.19. The van der Waals surface area contributed by atoms with E-state index in [1.54, 1.807) is 0 Å². The zero-order valence-corrected chi connectivity index (χ0v) is 11.5. The van der Waals surface area contributed by atoms with Gasteiger partial charge < -0.3 is 0 Å². The average molecular weight is 282 g/mol. The number of benzene rings is 1. The quantitative estimate of drug-likeness (QED) is 0.844. The minimum Gasteiger partial charge on any atom is -0.198 e. The summed E-state index contributed by atoms with van der Waals surface area (Å²) in [4.78, 5) is 11.8. The molecule has 1 aromatic heterocycles. The molecule has 0 aliphatic carbocycles. The minimum atomic E-state index is 0.111. The van der Waals surface area contributed by atoms with Crippen LogP contribution in [-0.2, 0) is 6.42 Å². The molecule has 0 bridgehead atoms. The number of nitrogens with zero attached hydrogens (tertiary/aromatic N) is 3. The van der Waals surface area contributed by atoms with Gasteiger partial charge in [0.05, 0.1) is 0 Å². The molecule has 5 heteroatoms. The van der Waals surface area contributed by atoms with Crippen molar-refractivity contribution >= 4 is 23.2 Å². The monoisotopic (exact) mass is 281 g/mol. The summed E-state index contributed by atoms with van der Waals surface area (Å²) in [6.07, 6.45) is 3.48. The van der Waals surface area contributed by atoms with Crippen LogP contribution in [0.2, 0.25) is 10.6 Å². The van der Waals surface area contributed by atoms with Gasteiger partial charge in [-0.15, -0.1) is 0 Å². The maximum Gasteiger partial charge on any atom is 0.227 e.